The zero-order chi connectivity index (χ0) is 18.4. The molecule has 3 rings (SSSR count). The summed E-state index contributed by atoms with van der Waals surface area (Å²) < 4.78 is 13.6. The van der Waals surface area contributed by atoms with E-state index >= 15 is 0 Å². The summed E-state index contributed by atoms with van der Waals surface area (Å²) in [6.07, 6.45) is 1.86. The molecule has 2 fully saturated rings. The third-order valence-electron chi connectivity index (χ3n) is 5.20. The summed E-state index contributed by atoms with van der Waals surface area (Å²) in [7, 11) is 0. The van der Waals surface area contributed by atoms with Gasteiger partial charge < -0.3 is 15.5 Å². The molecule has 7 heteroatoms. The molecular formula is C19H27FN4O2. The third kappa shape index (κ3) is 4.80. The van der Waals surface area contributed by atoms with Gasteiger partial charge in [0.25, 0.3) is 5.91 Å². The van der Waals surface area contributed by atoms with Gasteiger partial charge in [0.1, 0.15) is 5.82 Å². The molecule has 26 heavy (non-hydrogen) atoms. The first-order chi connectivity index (χ1) is 12.6. The summed E-state index contributed by atoms with van der Waals surface area (Å²) in [6, 6.07) is 5.98. The minimum absolute atomic E-state index is 0.0740. The molecule has 0 atom stereocenters. The molecule has 0 aromatic heterocycles. The number of carbonyl (C=O) groups excluding carboxylic acids is 2. The molecule has 0 saturated carbocycles. The number of nitrogens with one attached hydrogen (secondary N) is 2. The van der Waals surface area contributed by atoms with Gasteiger partial charge in [-0.05, 0) is 38.1 Å². The third-order valence-corrected chi connectivity index (χ3v) is 5.20. The number of hydrogen-bond acceptors (Lipinski definition) is 4. The van der Waals surface area contributed by atoms with Crippen LogP contribution in [0.1, 0.15) is 23.2 Å². The number of piperidine rings is 1. The standard InChI is InChI=1S/C19H27FN4O2/c20-17-4-2-1-3-16(17)18(25)22-9-10-23-11-13-24(14-12-23)19(26)15-5-7-21-8-6-15/h1-4,15,21H,5-14H2,(H,22,25). The molecule has 1 aromatic carbocycles. The van der Waals surface area contributed by atoms with Crippen molar-refractivity contribution in [2.45, 2.75) is 12.8 Å². The van der Waals surface area contributed by atoms with Gasteiger partial charge in [-0.2, -0.15) is 0 Å². The normalized spacial score (nSPS) is 19.3. The maximum absolute atomic E-state index is 13.6. The van der Waals surface area contributed by atoms with Crippen molar-refractivity contribution in [1.82, 2.24) is 20.4 Å². The van der Waals surface area contributed by atoms with Crippen LogP contribution in [0.3, 0.4) is 0 Å². The molecule has 0 bridgehead atoms. The highest BCUT2D eigenvalue weighted by Crippen LogP contribution is 2.16. The smallest absolute Gasteiger partial charge is 0.254 e. The fourth-order valence-electron chi connectivity index (χ4n) is 3.59. The summed E-state index contributed by atoms with van der Waals surface area (Å²) in [4.78, 5) is 28.7. The first-order valence-electron chi connectivity index (χ1n) is 9.40. The SMILES string of the molecule is O=C(NCCN1CCN(C(=O)C2CCNCC2)CC1)c1ccccc1F. The van der Waals surface area contributed by atoms with E-state index in [0.717, 1.165) is 52.1 Å². The summed E-state index contributed by atoms with van der Waals surface area (Å²) in [6.45, 7) is 6.13. The summed E-state index contributed by atoms with van der Waals surface area (Å²) >= 11 is 0. The highest BCUT2D eigenvalue weighted by atomic mass is 19.1. The minimum Gasteiger partial charge on any atom is -0.351 e. The second kappa shape index (κ2) is 9.09. The van der Waals surface area contributed by atoms with E-state index < -0.39 is 5.82 Å². The van der Waals surface area contributed by atoms with Gasteiger partial charge in [-0.25, -0.2) is 4.39 Å². The van der Waals surface area contributed by atoms with Gasteiger partial charge in [0.05, 0.1) is 5.56 Å². The average molecular weight is 362 g/mol. The Hall–Kier alpha value is -1.99. The maximum atomic E-state index is 13.6. The number of carbonyl (C=O) groups is 2. The number of hydrogen-bond donors (Lipinski definition) is 2. The molecule has 0 aliphatic carbocycles. The van der Waals surface area contributed by atoms with Gasteiger partial charge in [0.15, 0.2) is 0 Å². The Labute approximate surface area is 153 Å². The van der Waals surface area contributed by atoms with Crippen LogP contribution in [0, 0.1) is 11.7 Å². The Balaban J connectivity index is 1.37. The van der Waals surface area contributed by atoms with Crippen LogP contribution in [0.15, 0.2) is 24.3 Å². The molecule has 2 saturated heterocycles. The Morgan fingerprint density at radius 2 is 1.81 bits per heavy atom. The second-order valence-corrected chi connectivity index (χ2v) is 6.93. The van der Waals surface area contributed by atoms with Crippen molar-refractivity contribution in [3.8, 4) is 0 Å². The van der Waals surface area contributed by atoms with Gasteiger partial charge in [0, 0.05) is 45.2 Å². The van der Waals surface area contributed by atoms with Crippen LogP contribution in [0.2, 0.25) is 0 Å². The predicted molar refractivity (Wildman–Crippen MR) is 97.3 cm³/mol. The van der Waals surface area contributed by atoms with Crippen molar-refractivity contribution < 1.29 is 14.0 Å². The van der Waals surface area contributed by atoms with E-state index in [1.54, 1.807) is 12.1 Å². The molecule has 2 amide bonds. The molecule has 0 spiro atoms. The summed E-state index contributed by atoms with van der Waals surface area (Å²) in [5.41, 5.74) is 0.0740. The van der Waals surface area contributed by atoms with Crippen LogP contribution < -0.4 is 10.6 Å². The fraction of sp³-hybridized carbons (Fsp3) is 0.579. The highest BCUT2D eigenvalue weighted by Gasteiger charge is 2.28. The lowest BCUT2D eigenvalue weighted by Crippen LogP contribution is -2.52. The zero-order valence-electron chi connectivity index (χ0n) is 15.0. The van der Waals surface area contributed by atoms with Crippen molar-refractivity contribution in [2.24, 2.45) is 5.92 Å². The summed E-state index contributed by atoms with van der Waals surface area (Å²) in [5.74, 6) is -0.431. The fourth-order valence-corrected chi connectivity index (χ4v) is 3.59. The molecule has 142 valence electrons. The van der Waals surface area contributed by atoms with E-state index in [2.05, 4.69) is 15.5 Å². The number of rotatable bonds is 5. The van der Waals surface area contributed by atoms with E-state index in [-0.39, 0.29) is 17.4 Å². The molecule has 0 unspecified atom stereocenters. The Bertz CT molecular complexity index is 626. The minimum atomic E-state index is -0.505. The average Bonchev–Trinajstić information content (AvgIpc) is 2.69. The van der Waals surface area contributed by atoms with Crippen molar-refractivity contribution >= 4 is 11.8 Å². The van der Waals surface area contributed by atoms with Crippen LogP contribution in [0.4, 0.5) is 4.39 Å². The van der Waals surface area contributed by atoms with Crippen molar-refractivity contribution in [1.29, 1.82) is 0 Å². The topological polar surface area (TPSA) is 64.7 Å². The first kappa shape index (κ1) is 18.8. The van der Waals surface area contributed by atoms with Gasteiger partial charge in [-0.15, -0.1) is 0 Å². The lowest BCUT2D eigenvalue weighted by molar-refractivity contribution is -0.138. The largest absolute Gasteiger partial charge is 0.351 e. The number of halogens is 1. The van der Waals surface area contributed by atoms with E-state index in [1.807, 2.05) is 4.90 Å². The molecular weight excluding hydrogens is 335 g/mol. The second-order valence-electron chi connectivity index (χ2n) is 6.93. The number of benzene rings is 1. The number of amides is 2. The number of piperazine rings is 1. The highest BCUT2D eigenvalue weighted by molar-refractivity contribution is 5.94. The molecule has 2 aliphatic heterocycles. The Kier molecular flexibility index (Phi) is 6.57. The lowest BCUT2D eigenvalue weighted by atomic mass is 9.96. The molecule has 0 radical (unpaired) electrons. The van der Waals surface area contributed by atoms with Gasteiger partial charge in [-0.3, -0.25) is 14.5 Å². The molecule has 6 nitrogen and oxygen atoms in total. The van der Waals surface area contributed by atoms with E-state index in [1.165, 1.54) is 12.1 Å². The van der Waals surface area contributed by atoms with E-state index in [0.29, 0.717) is 19.0 Å². The van der Waals surface area contributed by atoms with Crippen LogP contribution in [-0.2, 0) is 4.79 Å². The molecule has 2 N–H and O–H groups in total. The Morgan fingerprint density at radius 3 is 2.50 bits per heavy atom. The van der Waals surface area contributed by atoms with E-state index in [9.17, 15) is 14.0 Å². The molecule has 2 aliphatic rings. The predicted octanol–water partition coefficient (Wildman–Crippen LogP) is 0.699. The Morgan fingerprint density at radius 1 is 1.12 bits per heavy atom. The maximum Gasteiger partial charge on any atom is 0.254 e. The van der Waals surface area contributed by atoms with Crippen molar-refractivity contribution in [3.63, 3.8) is 0 Å². The lowest BCUT2D eigenvalue weighted by Gasteiger charge is -2.37. The molecule has 1 aromatic rings. The van der Waals surface area contributed by atoms with Crippen molar-refractivity contribution in [2.75, 3.05) is 52.4 Å². The van der Waals surface area contributed by atoms with Crippen LogP contribution in [0.5, 0.6) is 0 Å². The van der Waals surface area contributed by atoms with Crippen molar-refractivity contribution in [3.05, 3.63) is 35.6 Å². The zero-order valence-corrected chi connectivity index (χ0v) is 15.0. The van der Waals surface area contributed by atoms with Gasteiger partial charge in [-0.1, -0.05) is 12.1 Å². The quantitative estimate of drug-likeness (QED) is 0.809. The monoisotopic (exact) mass is 362 g/mol. The van der Waals surface area contributed by atoms with Crippen LogP contribution >= 0.6 is 0 Å². The summed E-state index contributed by atoms with van der Waals surface area (Å²) in [5, 5.41) is 6.05. The van der Waals surface area contributed by atoms with Gasteiger partial charge in [0.2, 0.25) is 5.91 Å². The van der Waals surface area contributed by atoms with Gasteiger partial charge >= 0.3 is 0 Å². The molecule has 2 heterocycles. The van der Waals surface area contributed by atoms with Crippen LogP contribution in [-0.4, -0.2) is 74.0 Å². The van der Waals surface area contributed by atoms with Crippen LogP contribution in [0.25, 0.3) is 0 Å². The number of nitrogens with zero attached hydrogens (tertiary/aromatic N) is 2. The first-order valence-corrected chi connectivity index (χ1v) is 9.40. The van der Waals surface area contributed by atoms with E-state index in [4.69, 9.17) is 0 Å².